The number of nitrogens with two attached hydrogens (primary N) is 1. The van der Waals surface area contributed by atoms with Gasteiger partial charge in [0.05, 0.1) is 12.8 Å². The van der Waals surface area contributed by atoms with Crippen molar-refractivity contribution >= 4 is 22.2 Å². The van der Waals surface area contributed by atoms with Crippen molar-refractivity contribution in [2.24, 2.45) is 0 Å². The van der Waals surface area contributed by atoms with Gasteiger partial charge >= 0.3 is 0 Å². The predicted octanol–water partition coefficient (Wildman–Crippen LogP) is 2.96. The van der Waals surface area contributed by atoms with Gasteiger partial charge in [-0.3, -0.25) is 0 Å². The fourth-order valence-corrected chi connectivity index (χ4v) is 2.47. The molecule has 0 amide bonds. The number of ether oxygens (including phenoxy) is 1. The van der Waals surface area contributed by atoms with Crippen molar-refractivity contribution in [3.05, 3.63) is 34.3 Å². The number of nitrogen functional groups attached to an aromatic ring is 1. The second-order valence-corrected chi connectivity index (χ2v) is 5.29. The van der Waals surface area contributed by atoms with Gasteiger partial charge < -0.3 is 15.8 Å². The molecule has 0 saturated heterocycles. The van der Waals surface area contributed by atoms with Crippen LogP contribution in [-0.4, -0.2) is 12.1 Å². The monoisotopic (exact) mass is 263 g/mol. The molecule has 1 heterocycles. The molecular weight excluding hydrogens is 246 g/mol. The van der Waals surface area contributed by atoms with E-state index in [1.807, 2.05) is 25.1 Å². The van der Waals surface area contributed by atoms with Gasteiger partial charge in [-0.2, -0.15) is 0 Å². The van der Waals surface area contributed by atoms with Gasteiger partial charge in [0, 0.05) is 22.7 Å². The number of benzene rings is 1. The Morgan fingerprint density at radius 1 is 1.39 bits per heavy atom. The number of anilines is 2. The van der Waals surface area contributed by atoms with Crippen LogP contribution in [0.15, 0.2) is 18.2 Å². The molecule has 0 radical (unpaired) electrons. The molecule has 18 heavy (non-hydrogen) atoms. The largest absolute Gasteiger partial charge is 0.496 e. The lowest BCUT2D eigenvalue weighted by atomic mass is 10.2. The molecule has 0 aliphatic heterocycles. The smallest absolute Gasteiger partial charge is 0.183 e. The summed E-state index contributed by atoms with van der Waals surface area (Å²) in [7, 11) is 1.66. The molecule has 0 saturated carbocycles. The maximum atomic E-state index is 5.78. The molecule has 96 valence electrons. The van der Waals surface area contributed by atoms with Gasteiger partial charge in [-0.15, -0.1) is 11.3 Å². The summed E-state index contributed by atoms with van der Waals surface area (Å²) < 4.78 is 5.31. The van der Waals surface area contributed by atoms with E-state index < -0.39 is 0 Å². The number of methoxy groups -OCH3 is 1. The average molecular weight is 263 g/mol. The molecular formula is C13H17N3OS. The number of rotatable bonds is 4. The second kappa shape index (κ2) is 5.27. The SMILES string of the molecule is COc1ccc(N)cc1CNc1nc(C)c(C)s1. The second-order valence-electron chi connectivity index (χ2n) is 4.09. The Balaban J connectivity index is 2.12. The van der Waals surface area contributed by atoms with Crippen molar-refractivity contribution in [3.63, 3.8) is 0 Å². The number of nitrogens with zero attached hydrogens (tertiary/aromatic N) is 1. The van der Waals surface area contributed by atoms with Crippen molar-refractivity contribution in [2.75, 3.05) is 18.2 Å². The molecule has 2 rings (SSSR count). The van der Waals surface area contributed by atoms with E-state index in [9.17, 15) is 0 Å². The molecule has 0 aliphatic carbocycles. The number of aryl methyl sites for hydroxylation is 2. The number of nitrogens with one attached hydrogen (secondary N) is 1. The Bertz CT molecular complexity index is 532. The Morgan fingerprint density at radius 2 is 2.17 bits per heavy atom. The third-order valence-corrected chi connectivity index (χ3v) is 3.79. The minimum absolute atomic E-state index is 0.653. The quantitative estimate of drug-likeness (QED) is 0.833. The van der Waals surface area contributed by atoms with Crippen LogP contribution in [0.25, 0.3) is 0 Å². The summed E-state index contributed by atoms with van der Waals surface area (Å²) in [6.45, 7) is 4.73. The van der Waals surface area contributed by atoms with E-state index in [2.05, 4.69) is 17.2 Å². The molecule has 1 aromatic carbocycles. The van der Waals surface area contributed by atoms with E-state index in [0.717, 1.165) is 27.8 Å². The normalized spacial score (nSPS) is 10.4. The summed E-state index contributed by atoms with van der Waals surface area (Å²) in [5, 5.41) is 4.22. The standard InChI is InChI=1S/C13H17N3OS/c1-8-9(2)18-13(16-8)15-7-10-6-11(14)4-5-12(10)17-3/h4-6H,7,14H2,1-3H3,(H,15,16). The molecule has 0 fully saturated rings. The van der Waals surface area contributed by atoms with E-state index in [4.69, 9.17) is 10.5 Å². The lowest BCUT2D eigenvalue weighted by Gasteiger charge is -2.09. The zero-order valence-electron chi connectivity index (χ0n) is 10.8. The highest BCUT2D eigenvalue weighted by atomic mass is 32.1. The Morgan fingerprint density at radius 3 is 2.78 bits per heavy atom. The molecule has 0 bridgehead atoms. The summed E-state index contributed by atoms with van der Waals surface area (Å²) in [4.78, 5) is 5.67. The summed E-state index contributed by atoms with van der Waals surface area (Å²) in [5.74, 6) is 0.835. The van der Waals surface area contributed by atoms with Crippen LogP contribution in [0.3, 0.4) is 0 Å². The van der Waals surface area contributed by atoms with Gasteiger partial charge in [-0.05, 0) is 32.0 Å². The summed E-state index contributed by atoms with van der Waals surface area (Å²) in [6, 6.07) is 5.63. The van der Waals surface area contributed by atoms with Gasteiger partial charge in [-0.25, -0.2) is 4.98 Å². The van der Waals surface area contributed by atoms with Crippen LogP contribution < -0.4 is 15.8 Å². The van der Waals surface area contributed by atoms with E-state index in [1.54, 1.807) is 18.4 Å². The van der Waals surface area contributed by atoms with Crippen molar-refractivity contribution < 1.29 is 4.74 Å². The third kappa shape index (κ3) is 2.73. The first-order chi connectivity index (χ1) is 8.60. The lowest BCUT2D eigenvalue weighted by Crippen LogP contribution is -2.02. The average Bonchev–Trinajstić information content (AvgIpc) is 2.66. The van der Waals surface area contributed by atoms with Crippen LogP contribution in [0.4, 0.5) is 10.8 Å². The number of thiazole rings is 1. The van der Waals surface area contributed by atoms with E-state index in [0.29, 0.717) is 6.54 Å². The fraction of sp³-hybridized carbons (Fsp3) is 0.308. The topological polar surface area (TPSA) is 60.2 Å². The maximum absolute atomic E-state index is 5.78. The van der Waals surface area contributed by atoms with Gasteiger partial charge in [0.25, 0.3) is 0 Å². The molecule has 2 aromatic rings. The highest BCUT2D eigenvalue weighted by molar-refractivity contribution is 7.15. The van der Waals surface area contributed by atoms with Crippen LogP contribution >= 0.6 is 11.3 Å². The molecule has 0 spiro atoms. The van der Waals surface area contributed by atoms with Crippen molar-refractivity contribution in [1.29, 1.82) is 0 Å². The van der Waals surface area contributed by atoms with Crippen molar-refractivity contribution in [3.8, 4) is 5.75 Å². The van der Waals surface area contributed by atoms with Crippen molar-refractivity contribution in [2.45, 2.75) is 20.4 Å². The summed E-state index contributed by atoms with van der Waals surface area (Å²) >= 11 is 1.66. The Labute approximate surface area is 111 Å². The van der Waals surface area contributed by atoms with Crippen LogP contribution in [0, 0.1) is 13.8 Å². The first-order valence-corrected chi connectivity index (χ1v) is 6.52. The third-order valence-electron chi connectivity index (χ3n) is 2.76. The molecule has 1 aromatic heterocycles. The maximum Gasteiger partial charge on any atom is 0.183 e. The van der Waals surface area contributed by atoms with Gasteiger partial charge in [0.15, 0.2) is 5.13 Å². The number of hydrogen-bond acceptors (Lipinski definition) is 5. The lowest BCUT2D eigenvalue weighted by molar-refractivity contribution is 0.410. The molecule has 5 heteroatoms. The molecule has 0 unspecified atom stereocenters. The fourth-order valence-electron chi connectivity index (χ4n) is 1.66. The molecule has 0 atom stereocenters. The summed E-state index contributed by atoms with van der Waals surface area (Å²) in [5.41, 5.74) is 8.62. The minimum atomic E-state index is 0.653. The van der Waals surface area contributed by atoms with E-state index in [1.165, 1.54) is 4.88 Å². The predicted molar refractivity (Wildman–Crippen MR) is 76.3 cm³/mol. The van der Waals surface area contributed by atoms with Crippen LogP contribution in [-0.2, 0) is 6.54 Å². The Kier molecular flexibility index (Phi) is 3.72. The Hall–Kier alpha value is -1.75. The van der Waals surface area contributed by atoms with E-state index in [-0.39, 0.29) is 0 Å². The molecule has 0 aliphatic rings. The molecule has 3 N–H and O–H groups in total. The van der Waals surface area contributed by atoms with Gasteiger partial charge in [-0.1, -0.05) is 0 Å². The van der Waals surface area contributed by atoms with E-state index >= 15 is 0 Å². The van der Waals surface area contributed by atoms with Crippen LogP contribution in [0.5, 0.6) is 5.75 Å². The van der Waals surface area contributed by atoms with Crippen LogP contribution in [0.2, 0.25) is 0 Å². The zero-order valence-corrected chi connectivity index (χ0v) is 11.6. The first-order valence-electron chi connectivity index (χ1n) is 5.70. The summed E-state index contributed by atoms with van der Waals surface area (Å²) in [6.07, 6.45) is 0. The molecule has 4 nitrogen and oxygen atoms in total. The van der Waals surface area contributed by atoms with Gasteiger partial charge in [0.1, 0.15) is 5.75 Å². The highest BCUT2D eigenvalue weighted by Crippen LogP contribution is 2.25. The van der Waals surface area contributed by atoms with Crippen LogP contribution in [0.1, 0.15) is 16.1 Å². The zero-order chi connectivity index (χ0) is 13.1. The highest BCUT2D eigenvalue weighted by Gasteiger charge is 2.06. The minimum Gasteiger partial charge on any atom is -0.496 e. The number of hydrogen-bond donors (Lipinski definition) is 2. The van der Waals surface area contributed by atoms with Crippen molar-refractivity contribution in [1.82, 2.24) is 4.98 Å². The first kappa shape index (κ1) is 12.7. The number of aromatic nitrogens is 1. The van der Waals surface area contributed by atoms with Gasteiger partial charge in [0.2, 0.25) is 0 Å².